The van der Waals surface area contributed by atoms with Gasteiger partial charge in [0.2, 0.25) is 5.91 Å². The van der Waals surface area contributed by atoms with E-state index in [1.54, 1.807) is 18.2 Å². The summed E-state index contributed by atoms with van der Waals surface area (Å²) in [6.45, 7) is 5.26. The van der Waals surface area contributed by atoms with Crippen molar-refractivity contribution in [2.75, 3.05) is 11.9 Å². The number of anilines is 1. The maximum Gasteiger partial charge on any atom is 0.292 e. The number of rotatable bonds is 8. The van der Waals surface area contributed by atoms with Crippen LogP contribution < -0.4 is 5.32 Å². The van der Waals surface area contributed by atoms with Crippen molar-refractivity contribution in [3.63, 3.8) is 0 Å². The Balaban J connectivity index is 1.64. The standard InChI is InChI=1S/C21H25N3O3/c1-15(2)17-9-7-16(8-10-17)13-23(18-11-12-18)14-21(25)22-19-5-3-4-6-20(19)24(26)27/h3-10,15,18H,11-14H2,1-2H3,(H,22,25). The number of hydrogen-bond donors (Lipinski definition) is 1. The molecular formula is C21H25N3O3. The lowest BCUT2D eigenvalue weighted by atomic mass is 10.0. The quantitative estimate of drug-likeness (QED) is 0.557. The number of para-hydroxylation sites is 2. The first-order valence-corrected chi connectivity index (χ1v) is 9.30. The zero-order chi connectivity index (χ0) is 19.4. The third-order valence-corrected chi connectivity index (χ3v) is 4.82. The number of benzene rings is 2. The predicted octanol–water partition coefficient (Wildman–Crippen LogP) is 4.32. The number of amides is 1. The third-order valence-electron chi connectivity index (χ3n) is 4.82. The monoisotopic (exact) mass is 367 g/mol. The number of hydrogen-bond acceptors (Lipinski definition) is 4. The van der Waals surface area contributed by atoms with Gasteiger partial charge < -0.3 is 5.32 Å². The van der Waals surface area contributed by atoms with E-state index in [2.05, 4.69) is 48.3 Å². The molecule has 142 valence electrons. The number of nitro benzene ring substituents is 1. The molecule has 2 aromatic rings. The highest BCUT2D eigenvalue weighted by Gasteiger charge is 2.30. The second kappa shape index (κ2) is 8.31. The lowest BCUT2D eigenvalue weighted by Crippen LogP contribution is -2.34. The van der Waals surface area contributed by atoms with Gasteiger partial charge in [-0.05, 0) is 36.0 Å². The molecule has 1 amide bonds. The Hall–Kier alpha value is -2.73. The summed E-state index contributed by atoms with van der Waals surface area (Å²) in [5.74, 6) is 0.265. The molecule has 2 aromatic carbocycles. The van der Waals surface area contributed by atoms with E-state index in [1.165, 1.54) is 17.2 Å². The Bertz CT molecular complexity index is 814. The Morgan fingerprint density at radius 1 is 1.19 bits per heavy atom. The molecule has 0 spiro atoms. The molecule has 0 saturated heterocycles. The molecular weight excluding hydrogens is 342 g/mol. The van der Waals surface area contributed by atoms with Gasteiger partial charge in [0.1, 0.15) is 5.69 Å². The second-order valence-electron chi connectivity index (χ2n) is 7.35. The smallest absolute Gasteiger partial charge is 0.292 e. The minimum atomic E-state index is -0.482. The number of nitro groups is 1. The summed E-state index contributed by atoms with van der Waals surface area (Å²) in [4.78, 5) is 25.3. The van der Waals surface area contributed by atoms with Crippen LogP contribution in [0.5, 0.6) is 0 Å². The fraction of sp³-hybridized carbons (Fsp3) is 0.381. The van der Waals surface area contributed by atoms with E-state index >= 15 is 0 Å². The molecule has 0 heterocycles. The number of carbonyl (C=O) groups excluding carboxylic acids is 1. The van der Waals surface area contributed by atoms with E-state index in [1.807, 2.05) is 0 Å². The molecule has 0 unspecified atom stereocenters. The minimum Gasteiger partial charge on any atom is -0.319 e. The zero-order valence-electron chi connectivity index (χ0n) is 15.7. The highest BCUT2D eigenvalue weighted by Crippen LogP contribution is 2.29. The van der Waals surface area contributed by atoms with Gasteiger partial charge in [0.15, 0.2) is 0 Å². The van der Waals surface area contributed by atoms with E-state index in [0.29, 0.717) is 18.5 Å². The third kappa shape index (κ3) is 5.14. The van der Waals surface area contributed by atoms with Gasteiger partial charge in [0.25, 0.3) is 5.69 Å². The van der Waals surface area contributed by atoms with Crippen LogP contribution in [-0.4, -0.2) is 28.3 Å². The van der Waals surface area contributed by atoms with Crippen LogP contribution in [-0.2, 0) is 11.3 Å². The maximum absolute atomic E-state index is 12.5. The molecule has 0 radical (unpaired) electrons. The molecule has 0 atom stereocenters. The van der Waals surface area contributed by atoms with Crippen LogP contribution >= 0.6 is 0 Å². The van der Waals surface area contributed by atoms with Crippen molar-refractivity contribution in [3.8, 4) is 0 Å². The molecule has 6 heteroatoms. The average Bonchev–Trinajstić information content (AvgIpc) is 3.47. The van der Waals surface area contributed by atoms with Crippen LogP contribution in [0.4, 0.5) is 11.4 Å². The van der Waals surface area contributed by atoms with Gasteiger partial charge in [-0.1, -0.05) is 50.2 Å². The van der Waals surface area contributed by atoms with Gasteiger partial charge in [0, 0.05) is 18.7 Å². The molecule has 0 aromatic heterocycles. The Morgan fingerprint density at radius 2 is 1.85 bits per heavy atom. The lowest BCUT2D eigenvalue weighted by Gasteiger charge is -2.22. The number of nitrogens with one attached hydrogen (secondary N) is 1. The first-order chi connectivity index (χ1) is 12.9. The first kappa shape index (κ1) is 19.0. The van der Waals surface area contributed by atoms with Crippen LogP contribution in [0.3, 0.4) is 0 Å². The summed E-state index contributed by atoms with van der Waals surface area (Å²) in [6.07, 6.45) is 2.17. The first-order valence-electron chi connectivity index (χ1n) is 9.30. The van der Waals surface area contributed by atoms with Crippen LogP contribution in [0.1, 0.15) is 43.7 Å². The highest BCUT2D eigenvalue weighted by molar-refractivity contribution is 5.94. The minimum absolute atomic E-state index is 0.0897. The number of carbonyl (C=O) groups is 1. The van der Waals surface area contributed by atoms with Crippen molar-refractivity contribution < 1.29 is 9.72 Å². The molecule has 1 saturated carbocycles. The van der Waals surface area contributed by atoms with E-state index in [-0.39, 0.29) is 23.8 Å². The van der Waals surface area contributed by atoms with Gasteiger partial charge in [-0.2, -0.15) is 0 Å². The predicted molar refractivity (Wildman–Crippen MR) is 106 cm³/mol. The highest BCUT2D eigenvalue weighted by atomic mass is 16.6. The SMILES string of the molecule is CC(C)c1ccc(CN(CC(=O)Nc2ccccc2[N+](=O)[O-])C2CC2)cc1. The summed E-state index contributed by atoms with van der Waals surface area (Å²) in [5.41, 5.74) is 2.62. The van der Waals surface area contributed by atoms with Crippen molar-refractivity contribution >= 4 is 17.3 Å². The molecule has 1 aliphatic rings. The van der Waals surface area contributed by atoms with Crippen molar-refractivity contribution in [2.45, 2.75) is 45.2 Å². The zero-order valence-corrected chi connectivity index (χ0v) is 15.7. The van der Waals surface area contributed by atoms with Gasteiger partial charge in [-0.25, -0.2) is 0 Å². The molecule has 1 fully saturated rings. The van der Waals surface area contributed by atoms with Crippen molar-refractivity contribution in [1.82, 2.24) is 4.90 Å². The summed E-state index contributed by atoms with van der Waals surface area (Å²) >= 11 is 0. The second-order valence-corrected chi connectivity index (χ2v) is 7.35. The maximum atomic E-state index is 12.5. The molecule has 1 aliphatic carbocycles. The Morgan fingerprint density at radius 3 is 2.44 bits per heavy atom. The van der Waals surface area contributed by atoms with Gasteiger partial charge in [0.05, 0.1) is 11.5 Å². The average molecular weight is 367 g/mol. The van der Waals surface area contributed by atoms with Gasteiger partial charge >= 0.3 is 0 Å². The fourth-order valence-electron chi connectivity index (χ4n) is 3.11. The Labute approximate surface area is 159 Å². The topological polar surface area (TPSA) is 75.5 Å². The van der Waals surface area contributed by atoms with E-state index < -0.39 is 4.92 Å². The molecule has 6 nitrogen and oxygen atoms in total. The van der Waals surface area contributed by atoms with Crippen LogP contribution in [0, 0.1) is 10.1 Å². The summed E-state index contributed by atoms with van der Waals surface area (Å²) in [5, 5.41) is 13.8. The van der Waals surface area contributed by atoms with Crippen LogP contribution in [0.15, 0.2) is 48.5 Å². The van der Waals surface area contributed by atoms with Crippen LogP contribution in [0.25, 0.3) is 0 Å². The van der Waals surface area contributed by atoms with E-state index in [4.69, 9.17) is 0 Å². The number of nitrogens with zero attached hydrogens (tertiary/aromatic N) is 2. The summed E-state index contributed by atoms with van der Waals surface area (Å²) < 4.78 is 0. The summed E-state index contributed by atoms with van der Waals surface area (Å²) in [7, 11) is 0. The van der Waals surface area contributed by atoms with E-state index in [0.717, 1.165) is 12.8 Å². The summed E-state index contributed by atoms with van der Waals surface area (Å²) in [6, 6.07) is 15.1. The normalized spacial score (nSPS) is 13.8. The molecule has 3 rings (SSSR count). The van der Waals surface area contributed by atoms with Crippen molar-refractivity contribution in [2.24, 2.45) is 0 Å². The van der Waals surface area contributed by atoms with E-state index in [9.17, 15) is 14.9 Å². The molecule has 0 aliphatic heterocycles. The fourth-order valence-corrected chi connectivity index (χ4v) is 3.11. The van der Waals surface area contributed by atoms with Gasteiger partial charge in [-0.15, -0.1) is 0 Å². The van der Waals surface area contributed by atoms with Gasteiger partial charge in [-0.3, -0.25) is 19.8 Å². The largest absolute Gasteiger partial charge is 0.319 e. The Kier molecular flexibility index (Phi) is 5.86. The van der Waals surface area contributed by atoms with Crippen molar-refractivity contribution in [3.05, 3.63) is 69.8 Å². The lowest BCUT2D eigenvalue weighted by molar-refractivity contribution is -0.383. The van der Waals surface area contributed by atoms with Crippen molar-refractivity contribution in [1.29, 1.82) is 0 Å². The van der Waals surface area contributed by atoms with Crippen LogP contribution in [0.2, 0.25) is 0 Å². The molecule has 1 N–H and O–H groups in total. The molecule has 27 heavy (non-hydrogen) atoms. The molecule has 0 bridgehead atoms.